The van der Waals surface area contributed by atoms with Crippen molar-refractivity contribution >= 4 is 17.9 Å². The van der Waals surface area contributed by atoms with Crippen LogP contribution in [0.15, 0.2) is 0 Å². The first kappa shape index (κ1) is 18.5. The highest BCUT2D eigenvalue weighted by Gasteiger charge is 2.57. The fourth-order valence-corrected chi connectivity index (χ4v) is 3.10. The molecule has 9 nitrogen and oxygen atoms in total. The maximum Gasteiger partial charge on any atom is 0.411 e. The molecular weight excluding hydrogens is 318 g/mol. The predicted octanol–water partition coefficient (Wildman–Crippen LogP) is -0.234. The molecule has 1 spiro atoms. The average molecular weight is 343 g/mol. The van der Waals surface area contributed by atoms with Crippen LogP contribution < -0.4 is 5.73 Å². The highest BCUT2D eigenvalue weighted by Crippen LogP contribution is 2.39. The Morgan fingerprint density at radius 2 is 2.00 bits per heavy atom. The van der Waals surface area contributed by atoms with Gasteiger partial charge in [0.05, 0.1) is 13.2 Å². The van der Waals surface area contributed by atoms with Gasteiger partial charge in [-0.1, -0.05) is 0 Å². The lowest BCUT2D eigenvalue weighted by Crippen LogP contribution is -2.54. The summed E-state index contributed by atoms with van der Waals surface area (Å²) in [6.45, 7) is 5.30. The Kier molecular flexibility index (Phi) is 5.05. The maximum absolute atomic E-state index is 12.8. The van der Waals surface area contributed by atoms with Crippen LogP contribution in [-0.4, -0.2) is 69.9 Å². The summed E-state index contributed by atoms with van der Waals surface area (Å²) in [7, 11) is 0. The van der Waals surface area contributed by atoms with E-state index in [1.54, 1.807) is 20.8 Å². The topological polar surface area (TPSA) is 122 Å². The number of nitrogens with zero attached hydrogens (tertiary/aromatic N) is 2. The van der Waals surface area contributed by atoms with Crippen LogP contribution in [0.2, 0.25) is 0 Å². The number of hydroxylamine groups is 2. The first-order valence-electron chi connectivity index (χ1n) is 8.00. The van der Waals surface area contributed by atoms with Gasteiger partial charge >= 0.3 is 6.09 Å². The third-order valence-corrected chi connectivity index (χ3v) is 4.19. The molecule has 24 heavy (non-hydrogen) atoms. The standard InChI is InChI=1S/C15H25N3O6/c1-14(2,3)23-13(22)17-7-4-5-15(17)6-8-18(12(15)21)24-10(9-19)11(16)20/h10,19H,4-9H2,1-3H3,(H2,16,20). The van der Waals surface area contributed by atoms with E-state index in [1.165, 1.54) is 4.90 Å². The fraction of sp³-hybridized carbons (Fsp3) is 0.800. The van der Waals surface area contributed by atoms with Crippen LogP contribution in [0.4, 0.5) is 4.79 Å². The number of hydrogen-bond acceptors (Lipinski definition) is 6. The summed E-state index contributed by atoms with van der Waals surface area (Å²) in [4.78, 5) is 43.1. The van der Waals surface area contributed by atoms with Gasteiger partial charge in [-0.15, -0.1) is 0 Å². The number of aliphatic hydroxyl groups excluding tert-OH is 1. The van der Waals surface area contributed by atoms with Gasteiger partial charge in [-0.3, -0.25) is 19.3 Å². The lowest BCUT2D eigenvalue weighted by Gasteiger charge is -2.34. The van der Waals surface area contributed by atoms with Crippen LogP contribution in [0.5, 0.6) is 0 Å². The largest absolute Gasteiger partial charge is 0.444 e. The van der Waals surface area contributed by atoms with Crippen molar-refractivity contribution in [1.82, 2.24) is 9.96 Å². The molecular formula is C15H25N3O6. The zero-order valence-corrected chi connectivity index (χ0v) is 14.3. The second kappa shape index (κ2) is 6.56. The molecule has 2 fully saturated rings. The van der Waals surface area contributed by atoms with E-state index in [4.69, 9.17) is 20.4 Å². The lowest BCUT2D eigenvalue weighted by atomic mass is 9.94. The summed E-state index contributed by atoms with van der Waals surface area (Å²) in [5.41, 5.74) is 3.44. The van der Waals surface area contributed by atoms with Gasteiger partial charge < -0.3 is 15.6 Å². The van der Waals surface area contributed by atoms with Crippen molar-refractivity contribution in [1.29, 1.82) is 0 Å². The number of hydrogen-bond donors (Lipinski definition) is 2. The third-order valence-electron chi connectivity index (χ3n) is 4.19. The Hall–Kier alpha value is -1.87. The molecule has 3 N–H and O–H groups in total. The number of likely N-dealkylation sites (tertiary alicyclic amines) is 1. The molecule has 2 rings (SSSR count). The van der Waals surface area contributed by atoms with E-state index < -0.39 is 41.8 Å². The van der Waals surface area contributed by atoms with Crippen molar-refractivity contribution in [3.63, 3.8) is 0 Å². The fourth-order valence-electron chi connectivity index (χ4n) is 3.10. The normalized spacial score (nSPS) is 25.4. The van der Waals surface area contributed by atoms with Gasteiger partial charge in [0.15, 0.2) is 6.10 Å². The van der Waals surface area contributed by atoms with Gasteiger partial charge in [-0.05, 0) is 33.6 Å². The number of rotatable bonds is 4. The third kappa shape index (κ3) is 3.46. The molecule has 9 heteroatoms. The Bertz CT molecular complexity index is 532. The minimum Gasteiger partial charge on any atom is -0.444 e. The zero-order valence-electron chi connectivity index (χ0n) is 14.3. The highest BCUT2D eigenvalue weighted by atomic mass is 16.7. The summed E-state index contributed by atoms with van der Waals surface area (Å²) >= 11 is 0. The van der Waals surface area contributed by atoms with Gasteiger partial charge in [0.2, 0.25) is 0 Å². The zero-order chi connectivity index (χ0) is 18.1. The number of amides is 3. The molecule has 3 amide bonds. The predicted molar refractivity (Wildman–Crippen MR) is 82.4 cm³/mol. The maximum atomic E-state index is 12.8. The number of carbonyl (C=O) groups is 3. The Labute approximate surface area is 140 Å². The van der Waals surface area contributed by atoms with Crippen LogP contribution in [-0.2, 0) is 19.2 Å². The molecule has 0 bridgehead atoms. The van der Waals surface area contributed by atoms with E-state index in [-0.39, 0.29) is 6.54 Å². The van der Waals surface area contributed by atoms with Gasteiger partial charge in [0, 0.05) is 13.0 Å². The van der Waals surface area contributed by atoms with E-state index in [2.05, 4.69) is 0 Å². The molecule has 0 aromatic heterocycles. The van der Waals surface area contributed by atoms with Crippen LogP contribution >= 0.6 is 0 Å². The van der Waals surface area contributed by atoms with E-state index in [0.29, 0.717) is 25.8 Å². The Balaban J connectivity index is 2.13. The molecule has 2 aliphatic heterocycles. The molecule has 2 unspecified atom stereocenters. The second-order valence-electron chi connectivity index (χ2n) is 7.10. The summed E-state index contributed by atoms with van der Waals surface area (Å²) in [5.74, 6) is -1.27. The number of nitrogens with two attached hydrogens (primary N) is 1. The summed E-state index contributed by atoms with van der Waals surface area (Å²) < 4.78 is 5.39. The number of carbonyl (C=O) groups excluding carboxylic acids is 3. The summed E-state index contributed by atoms with van der Waals surface area (Å²) in [6, 6.07) is 0. The quantitative estimate of drug-likeness (QED) is 0.727. The molecule has 2 aliphatic rings. The van der Waals surface area contributed by atoms with Crippen molar-refractivity contribution in [2.75, 3.05) is 19.7 Å². The van der Waals surface area contributed by atoms with Crippen LogP contribution in [0.1, 0.15) is 40.0 Å². The molecule has 0 radical (unpaired) electrons. The second-order valence-corrected chi connectivity index (χ2v) is 7.10. The molecule has 2 saturated heterocycles. The summed E-state index contributed by atoms with van der Waals surface area (Å²) in [6.07, 6.45) is -0.268. The van der Waals surface area contributed by atoms with Gasteiger partial charge in [0.25, 0.3) is 11.8 Å². The number of aliphatic hydroxyl groups is 1. The van der Waals surface area contributed by atoms with Crippen molar-refractivity contribution in [3.8, 4) is 0 Å². The van der Waals surface area contributed by atoms with Crippen LogP contribution in [0, 0.1) is 0 Å². The number of primary amides is 1. The van der Waals surface area contributed by atoms with Crippen molar-refractivity contribution < 1.29 is 29.1 Å². The van der Waals surface area contributed by atoms with E-state index in [9.17, 15) is 14.4 Å². The molecule has 2 atom stereocenters. The van der Waals surface area contributed by atoms with Crippen LogP contribution in [0.25, 0.3) is 0 Å². The monoisotopic (exact) mass is 343 g/mol. The molecule has 136 valence electrons. The molecule has 0 aliphatic carbocycles. The van der Waals surface area contributed by atoms with Crippen molar-refractivity contribution in [2.24, 2.45) is 5.73 Å². The van der Waals surface area contributed by atoms with E-state index in [1.807, 2.05) is 0 Å². The summed E-state index contributed by atoms with van der Waals surface area (Å²) in [5, 5.41) is 10.1. The smallest absolute Gasteiger partial charge is 0.411 e. The first-order valence-corrected chi connectivity index (χ1v) is 8.00. The lowest BCUT2D eigenvalue weighted by molar-refractivity contribution is -0.206. The van der Waals surface area contributed by atoms with Gasteiger partial charge in [-0.2, -0.15) is 0 Å². The molecule has 0 aromatic rings. The van der Waals surface area contributed by atoms with Gasteiger partial charge in [-0.25, -0.2) is 9.86 Å². The van der Waals surface area contributed by atoms with Gasteiger partial charge in [0.1, 0.15) is 11.1 Å². The van der Waals surface area contributed by atoms with Crippen molar-refractivity contribution in [2.45, 2.75) is 57.3 Å². The molecule has 0 aromatic carbocycles. The Morgan fingerprint density at radius 1 is 1.33 bits per heavy atom. The highest BCUT2D eigenvalue weighted by molar-refractivity contribution is 5.92. The molecule has 2 heterocycles. The minimum atomic E-state index is -1.29. The Morgan fingerprint density at radius 3 is 2.54 bits per heavy atom. The van der Waals surface area contributed by atoms with E-state index in [0.717, 1.165) is 5.06 Å². The molecule has 0 saturated carbocycles. The SMILES string of the molecule is CC(C)(C)OC(=O)N1CCCC12CCN(OC(CO)C(N)=O)C2=O. The minimum absolute atomic E-state index is 0.210. The van der Waals surface area contributed by atoms with Crippen molar-refractivity contribution in [3.05, 3.63) is 0 Å². The van der Waals surface area contributed by atoms with E-state index >= 15 is 0 Å². The van der Waals surface area contributed by atoms with Crippen LogP contribution in [0.3, 0.4) is 0 Å². The first-order chi connectivity index (χ1) is 11.1. The average Bonchev–Trinajstić information content (AvgIpc) is 3.02. The number of ether oxygens (including phenoxy) is 1.